The first kappa shape index (κ1) is 12.0. The first-order valence-electron chi connectivity index (χ1n) is 4.56. The summed E-state index contributed by atoms with van der Waals surface area (Å²) in [7, 11) is 1.33. The van der Waals surface area contributed by atoms with E-state index in [4.69, 9.17) is 5.73 Å². The van der Waals surface area contributed by atoms with Gasteiger partial charge in [-0.05, 0) is 12.1 Å². The van der Waals surface area contributed by atoms with Crippen molar-refractivity contribution in [2.45, 2.75) is 23.2 Å². The van der Waals surface area contributed by atoms with Crippen LogP contribution in [0.25, 0.3) is 0 Å². The second-order valence-electron chi connectivity index (χ2n) is 3.04. The summed E-state index contributed by atoms with van der Waals surface area (Å²) < 4.78 is 4.57. The van der Waals surface area contributed by atoms with Gasteiger partial charge in [-0.3, -0.25) is 4.79 Å². The number of thioether (sulfide) groups is 1. The lowest BCUT2D eigenvalue weighted by molar-refractivity contribution is -0.142. The molecule has 0 aliphatic carbocycles. The predicted octanol–water partition coefficient (Wildman–Crippen LogP) is 1.06. The molecule has 2 N–H and O–H groups in total. The smallest absolute Gasteiger partial charge is 0.323 e. The highest BCUT2D eigenvalue weighted by atomic mass is 32.2. The summed E-state index contributed by atoms with van der Waals surface area (Å²) in [5.41, 5.74) is 5.70. The van der Waals surface area contributed by atoms with E-state index >= 15 is 0 Å². The largest absolute Gasteiger partial charge is 0.468 e. The SMILES string of the molecule is COC(=O)[C@@H](N)[C@H](C)Sc1ccccn1. The Bertz CT molecular complexity index is 318. The van der Waals surface area contributed by atoms with Crippen molar-refractivity contribution >= 4 is 17.7 Å². The van der Waals surface area contributed by atoms with Gasteiger partial charge in [-0.15, -0.1) is 11.8 Å². The zero-order valence-corrected chi connectivity index (χ0v) is 9.53. The number of ether oxygens (including phenoxy) is 1. The highest BCUT2D eigenvalue weighted by Gasteiger charge is 2.22. The number of hydrogen-bond acceptors (Lipinski definition) is 5. The zero-order chi connectivity index (χ0) is 11.3. The summed E-state index contributed by atoms with van der Waals surface area (Å²) in [5.74, 6) is -0.397. The topological polar surface area (TPSA) is 65.2 Å². The minimum atomic E-state index is -0.623. The molecule has 82 valence electrons. The first-order valence-corrected chi connectivity index (χ1v) is 5.44. The molecule has 15 heavy (non-hydrogen) atoms. The van der Waals surface area contributed by atoms with Crippen molar-refractivity contribution in [2.24, 2.45) is 5.73 Å². The Morgan fingerprint density at radius 1 is 1.60 bits per heavy atom. The van der Waals surface area contributed by atoms with Crippen molar-refractivity contribution in [1.82, 2.24) is 4.98 Å². The number of nitrogens with zero attached hydrogens (tertiary/aromatic N) is 1. The van der Waals surface area contributed by atoms with Crippen LogP contribution in [0.15, 0.2) is 29.4 Å². The molecule has 0 amide bonds. The Balaban J connectivity index is 2.56. The van der Waals surface area contributed by atoms with Crippen LogP contribution in [0.3, 0.4) is 0 Å². The van der Waals surface area contributed by atoms with Crippen molar-refractivity contribution in [3.63, 3.8) is 0 Å². The van der Waals surface area contributed by atoms with Crippen molar-refractivity contribution in [2.75, 3.05) is 7.11 Å². The quantitative estimate of drug-likeness (QED) is 0.614. The van der Waals surface area contributed by atoms with Crippen molar-refractivity contribution in [3.8, 4) is 0 Å². The summed E-state index contributed by atoms with van der Waals surface area (Å²) in [5, 5.41) is 0.789. The molecule has 5 heteroatoms. The van der Waals surface area contributed by atoms with Crippen LogP contribution in [-0.4, -0.2) is 29.4 Å². The number of nitrogens with two attached hydrogens (primary N) is 1. The zero-order valence-electron chi connectivity index (χ0n) is 8.71. The van der Waals surface area contributed by atoms with Gasteiger partial charge in [-0.2, -0.15) is 0 Å². The third-order valence-corrected chi connectivity index (χ3v) is 3.07. The molecule has 0 unspecified atom stereocenters. The van der Waals surface area contributed by atoms with Crippen LogP contribution in [0.4, 0.5) is 0 Å². The number of pyridine rings is 1. The maximum absolute atomic E-state index is 11.2. The molecule has 2 atom stereocenters. The molecule has 0 aliphatic rings. The van der Waals surface area contributed by atoms with E-state index in [0.29, 0.717) is 0 Å². The van der Waals surface area contributed by atoms with Crippen LogP contribution in [0.5, 0.6) is 0 Å². The lowest BCUT2D eigenvalue weighted by atomic mass is 10.2. The molecule has 1 aromatic heterocycles. The number of carbonyl (C=O) groups is 1. The Morgan fingerprint density at radius 2 is 2.33 bits per heavy atom. The van der Waals surface area contributed by atoms with Crippen molar-refractivity contribution in [1.29, 1.82) is 0 Å². The number of rotatable bonds is 4. The van der Waals surface area contributed by atoms with E-state index in [-0.39, 0.29) is 5.25 Å². The molecule has 0 saturated heterocycles. The second-order valence-corrected chi connectivity index (χ2v) is 4.44. The third kappa shape index (κ3) is 3.53. The van der Waals surface area contributed by atoms with E-state index in [0.717, 1.165) is 5.03 Å². The molecule has 0 saturated carbocycles. The minimum absolute atomic E-state index is 0.0626. The molecular weight excluding hydrogens is 212 g/mol. The predicted molar refractivity (Wildman–Crippen MR) is 59.5 cm³/mol. The molecule has 0 aliphatic heterocycles. The minimum Gasteiger partial charge on any atom is -0.468 e. The van der Waals surface area contributed by atoms with Crippen LogP contribution < -0.4 is 5.73 Å². The van der Waals surface area contributed by atoms with E-state index in [2.05, 4.69) is 9.72 Å². The van der Waals surface area contributed by atoms with Gasteiger partial charge in [0, 0.05) is 11.4 Å². The van der Waals surface area contributed by atoms with Gasteiger partial charge in [-0.1, -0.05) is 13.0 Å². The molecule has 0 bridgehead atoms. The van der Waals surface area contributed by atoms with E-state index in [9.17, 15) is 4.79 Å². The van der Waals surface area contributed by atoms with Gasteiger partial charge in [0.15, 0.2) is 0 Å². The van der Waals surface area contributed by atoms with Gasteiger partial charge in [0.05, 0.1) is 12.1 Å². The monoisotopic (exact) mass is 226 g/mol. The van der Waals surface area contributed by atoms with Crippen LogP contribution in [0, 0.1) is 0 Å². The molecule has 1 heterocycles. The molecular formula is C10H14N2O2S. The third-order valence-electron chi connectivity index (χ3n) is 1.92. The average molecular weight is 226 g/mol. The number of aromatic nitrogens is 1. The summed E-state index contributed by atoms with van der Waals surface area (Å²) in [6, 6.07) is 4.99. The first-order chi connectivity index (χ1) is 7.15. The fourth-order valence-corrected chi connectivity index (χ4v) is 1.93. The van der Waals surface area contributed by atoms with Gasteiger partial charge in [0.2, 0.25) is 0 Å². The van der Waals surface area contributed by atoms with Gasteiger partial charge in [-0.25, -0.2) is 4.98 Å². The van der Waals surface area contributed by atoms with Gasteiger partial charge < -0.3 is 10.5 Å². The second kappa shape index (κ2) is 5.72. The molecule has 1 aromatic rings. The van der Waals surface area contributed by atoms with Crippen LogP contribution in [0.2, 0.25) is 0 Å². The van der Waals surface area contributed by atoms with Crippen molar-refractivity contribution in [3.05, 3.63) is 24.4 Å². The molecule has 0 aromatic carbocycles. The molecule has 1 rings (SSSR count). The summed E-state index contributed by atoms with van der Waals surface area (Å²) >= 11 is 1.46. The van der Waals surface area contributed by atoms with Crippen LogP contribution in [-0.2, 0) is 9.53 Å². The van der Waals surface area contributed by atoms with Gasteiger partial charge >= 0.3 is 5.97 Å². The summed E-state index contributed by atoms with van der Waals surface area (Å²) in [6.07, 6.45) is 1.71. The number of esters is 1. The maximum Gasteiger partial charge on any atom is 0.323 e. The van der Waals surface area contributed by atoms with E-state index in [1.165, 1.54) is 18.9 Å². The fourth-order valence-electron chi connectivity index (χ4n) is 1.01. The highest BCUT2D eigenvalue weighted by molar-refractivity contribution is 7.99. The Labute approximate surface area is 93.2 Å². The van der Waals surface area contributed by atoms with Gasteiger partial charge in [0.25, 0.3) is 0 Å². The fraction of sp³-hybridized carbons (Fsp3) is 0.400. The standard InChI is InChI=1S/C10H14N2O2S/c1-7(9(11)10(13)14-2)15-8-5-3-4-6-12-8/h3-7,9H,11H2,1-2H3/t7-,9-/m0/s1. The highest BCUT2D eigenvalue weighted by Crippen LogP contribution is 2.22. The Hall–Kier alpha value is -1.07. The lowest BCUT2D eigenvalue weighted by Gasteiger charge is -2.16. The van der Waals surface area contributed by atoms with E-state index in [1.807, 2.05) is 25.1 Å². The molecule has 0 spiro atoms. The Morgan fingerprint density at radius 3 is 2.87 bits per heavy atom. The number of methoxy groups -OCH3 is 1. The van der Waals surface area contributed by atoms with Crippen LogP contribution >= 0.6 is 11.8 Å². The van der Waals surface area contributed by atoms with Gasteiger partial charge in [0.1, 0.15) is 6.04 Å². The molecule has 0 fully saturated rings. The molecule has 4 nitrogen and oxygen atoms in total. The van der Waals surface area contributed by atoms with E-state index < -0.39 is 12.0 Å². The number of carbonyl (C=O) groups excluding carboxylic acids is 1. The summed E-state index contributed by atoms with van der Waals surface area (Å²) in [4.78, 5) is 15.3. The van der Waals surface area contributed by atoms with Crippen molar-refractivity contribution < 1.29 is 9.53 Å². The van der Waals surface area contributed by atoms with Crippen LogP contribution in [0.1, 0.15) is 6.92 Å². The number of hydrogen-bond donors (Lipinski definition) is 1. The normalized spacial score (nSPS) is 14.3. The van der Waals surface area contributed by atoms with E-state index in [1.54, 1.807) is 6.20 Å². The Kier molecular flexibility index (Phi) is 4.58. The maximum atomic E-state index is 11.2. The average Bonchev–Trinajstić information content (AvgIpc) is 2.28. The lowest BCUT2D eigenvalue weighted by Crippen LogP contribution is -2.39. The summed E-state index contributed by atoms with van der Waals surface area (Å²) in [6.45, 7) is 1.88. The molecule has 0 radical (unpaired) electrons.